The summed E-state index contributed by atoms with van der Waals surface area (Å²) in [6, 6.07) is 1.39. The van der Waals surface area contributed by atoms with Gasteiger partial charge < -0.3 is 15.1 Å². The maximum Gasteiger partial charge on any atom is 0.224 e. The molecule has 3 atom stereocenters. The molecule has 3 aliphatic rings. The Morgan fingerprint density at radius 1 is 1.30 bits per heavy atom. The molecule has 0 saturated carbocycles. The van der Waals surface area contributed by atoms with Gasteiger partial charge in [-0.1, -0.05) is 6.92 Å². The van der Waals surface area contributed by atoms with Crippen LogP contribution in [0.5, 0.6) is 0 Å². The highest BCUT2D eigenvalue weighted by Crippen LogP contribution is 2.31. The first-order valence-electron chi connectivity index (χ1n) is 8.12. The van der Waals surface area contributed by atoms with Gasteiger partial charge in [-0.05, 0) is 25.8 Å². The molecule has 3 aliphatic heterocycles. The molecule has 0 spiro atoms. The summed E-state index contributed by atoms with van der Waals surface area (Å²) < 4.78 is 0. The minimum Gasteiger partial charge on any atom is -0.335 e. The van der Waals surface area contributed by atoms with Crippen molar-refractivity contribution in [3.63, 3.8) is 0 Å². The van der Waals surface area contributed by atoms with Gasteiger partial charge in [-0.15, -0.1) is 0 Å². The second-order valence-corrected chi connectivity index (χ2v) is 7.45. The molecule has 2 bridgehead atoms. The third-order valence-corrected chi connectivity index (χ3v) is 6.15. The molecule has 4 nitrogen and oxygen atoms in total. The average Bonchev–Trinajstić information content (AvgIpc) is 2.75. The lowest BCUT2D eigenvalue weighted by Crippen LogP contribution is -2.47. The summed E-state index contributed by atoms with van der Waals surface area (Å²) in [4.78, 5) is 17.5. The molecule has 0 aromatic heterocycles. The Bertz CT molecular complexity index is 346. The largest absolute Gasteiger partial charge is 0.335 e. The van der Waals surface area contributed by atoms with Crippen LogP contribution in [0.4, 0.5) is 0 Å². The van der Waals surface area contributed by atoms with E-state index >= 15 is 0 Å². The van der Waals surface area contributed by atoms with Crippen LogP contribution in [0, 0.1) is 0 Å². The van der Waals surface area contributed by atoms with E-state index in [0.29, 0.717) is 30.5 Å². The third-order valence-electron chi connectivity index (χ3n) is 5.02. The summed E-state index contributed by atoms with van der Waals surface area (Å²) in [6.07, 6.45) is 4.30. The van der Waals surface area contributed by atoms with E-state index in [1.54, 1.807) is 0 Å². The number of nitrogens with one attached hydrogen (secondary N) is 1. The molecule has 3 heterocycles. The van der Waals surface area contributed by atoms with Gasteiger partial charge in [0, 0.05) is 55.7 Å². The van der Waals surface area contributed by atoms with E-state index in [1.165, 1.54) is 31.6 Å². The topological polar surface area (TPSA) is 35.6 Å². The Kier molecular flexibility index (Phi) is 4.89. The molecule has 3 rings (SSSR count). The van der Waals surface area contributed by atoms with Crippen molar-refractivity contribution >= 4 is 17.7 Å². The molecule has 3 unspecified atom stereocenters. The minimum absolute atomic E-state index is 0.395. The van der Waals surface area contributed by atoms with E-state index in [0.717, 1.165) is 25.4 Å². The van der Waals surface area contributed by atoms with Crippen molar-refractivity contribution in [2.75, 3.05) is 37.7 Å². The molecule has 3 fully saturated rings. The van der Waals surface area contributed by atoms with Crippen LogP contribution >= 0.6 is 11.8 Å². The zero-order valence-electron chi connectivity index (χ0n) is 12.5. The Balaban J connectivity index is 1.61. The van der Waals surface area contributed by atoms with Crippen LogP contribution in [0.15, 0.2) is 0 Å². The predicted molar refractivity (Wildman–Crippen MR) is 84.1 cm³/mol. The van der Waals surface area contributed by atoms with E-state index < -0.39 is 0 Å². The van der Waals surface area contributed by atoms with Crippen LogP contribution in [-0.2, 0) is 4.79 Å². The second kappa shape index (κ2) is 6.67. The minimum atomic E-state index is 0.395. The monoisotopic (exact) mass is 297 g/mol. The fourth-order valence-corrected chi connectivity index (χ4v) is 4.86. The van der Waals surface area contributed by atoms with Crippen molar-refractivity contribution in [2.24, 2.45) is 0 Å². The molecule has 20 heavy (non-hydrogen) atoms. The number of hydrogen-bond acceptors (Lipinski definition) is 4. The number of fused-ring (bicyclic) bond motifs is 2. The number of hydrogen-bond donors (Lipinski definition) is 1. The zero-order valence-corrected chi connectivity index (χ0v) is 13.3. The molecule has 0 radical (unpaired) electrons. The number of rotatable bonds is 3. The highest BCUT2D eigenvalue weighted by molar-refractivity contribution is 7.99. The fraction of sp³-hybridized carbons (Fsp3) is 0.933. The highest BCUT2D eigenvalue weighted by Gasteiger charge is 2.40. The normalized spacial score (nSPS) is 35.0. The summed E-state index contributed by atoms with van der Waals surface area (Å²) in [5.41, 5.74) is 0. The summed E-state index contributed by atoms with van der Waals surface area (Å²) in [5, 5.41) is 3.50. The average molecular weight is 297 g/mol. The van der Waals surface area contributed by atoms with Crippen LogP contribution in [0.2, 0.25) is 0 Å². The maximum atomic E-state index is 12.7. The number of carbonyl (C=O) groups excluding carboxylic acids is 1. The van der Waals surface area contributed by atoms with Crippen molar-refractivity contribution < 1.29 is 4.79 Å². The fourth-order valence-electron chi connectivity index (χ4n) is 3.91. The molecule has 0 aliphatic carbocycles. The van der Waals surface area contributed by atoms with E-state index in [4.69, 9.17) is 0 Å². The molecule has 1 amide bonds. The van der Waals surface area contributed by atoms with E-state index in [9.17, 15) is 4.79 Å². The van der Waals surface area contributed by atoms with Crippen LogP contribution < -0.4 is 5.32 Å². The van der Waals surface area contributed by atoms with Crippen molar-refractivity contribution in [2.45, 2.75) is 50.7 Å². The summed E-state index contributed by atoms with van der Waals surface area (Å²) in [7, 11) is 0. The Hall–Kier alpha value is -0.260. The van der Waals surface area contributed by atoms with Gasteiger partial charge in [0.1, 0.15) is 0 Å². The smallest absolute Gasteiger partial charge is 0.224 e. The van der Waals surface area contributed by atoms with Crippen molar-refractivity contribution in [3.8, 4) is 0 Å². The first kappa shape index (κ1) is 14.7. The highest BCUT2D eigenvalue weighted by atomic mass is 32.2. The molecule has 0 aromatic carbocycles. The number of amides is 1. The lowest BCUT2D eigenvalue weighted by atomic mass is 10.1. The zero-order chi connectivity index (χ0) is 13.9. The Morgan fingerprint density at radius 2 is 2.15 bits per heavy atom. The Morgan fingerprint density at radius 3 is 2.90 bits per heavy atom. The van der Waals surface area contributed by atoms with Gasteiger partial charge in [0.15, 0.2) is 0 Å². The van der Waals surface area contributed by atoms with Crippen LogP contribution in [-0.4, -0.2) is 71.5 Å². The van der Waals surface area contributed by atoms with E-state index in [2.05, 4.69) is 22.0 Å². The molecular weight excluding hydrogens is 270 g/mol. The lowest BCUT2D eigenvalue weighted by molar-refractivity contribution is -0.134. The molecule has 5 heteroatoms. The lowest BCUT2D eigenvalue weighted by Gasteiger charge is -2.31. The third kappa shape index (κ3) is 3.15. The van der Waals surface area contributed by atoms with Gasteiger partial charge in [-0.25, -0.2) is 0 Å². The van der Waals surface area contributed by atoms with Crippen LogP contribution in [0.25, 0.3) is 0 Å². The molecular formula is C15H27N3OS. The maximum absolute atomic E-state index is 12.7. The second-order valence-electron chi connectivity index (χ2n) is 6.30. The number of carbonyl (C=O) groups is 1. The quantitative estimate of drug-likeness (QED) is 0.848. The molecule has 0 aromatic rings. The van der Waals surface area contributed by atoms with Crippen LogP contribution in [0.1, 0.15) is 32.6 Å². The van der Waals surface area contributed by atoms with Crippen molar-refractivity contribution in [1.82, 2.24) is 15.1 Å². The van der Waals surface area contributed by atoms with Gasteiger partial charge >= 0.3 is 0 Å². The number of likely N-dealkylation sites (tertiary alicyclic amines) is 1. The van der Waals surface area contributed by atoms with Gasteiger partial charge in [-0.3, -0.25) is 4.79 Å². The van der Waals surface area contributed by atoms with Gasteiger partial charge in [0.05, 0.1) is 0 Å². The first-order valence-corrected chi connectivity index (χ1v) is 9.28. The van der Waals surface area contributed by atoms with Gasteiger partial charge in [0.2, 0.25) is 5.91 Å². The standard InChI is InChI=1S/C15H27N3OS/c1-2-17-7-5-13-3-4-14(10-17)18(13)15(19)9-12-11-20-8-6-16-12/h12-14,16H,2-11H2,1H3. The number of thioether (sulfide) groups is 1. The molecule has 114 valence electrons. The van der Waals surface area contributed by atoms with Crippen molar-refractivity contribution in [3.05, 3.63) is 0 Å². The molecule has 1 N–H and O–H groups in total. The van der Waals surface area contributed by atoms with E-state index in [1.807, 2.05) is 11.8 Å². The van der Waals surface area contributed by atoms with Crippen LogP contribution in [0.3, 0.4) is 0 Å². The summed E-state index contributed by atoms with van der Waals surface area (Å²) in [6.45, 7) is 6.66. The summed E-state index contributed by atoms with van der Waals surface area (Å²) >= 11 is 1.98. The predicted octanol–water partition coefficient (Wildman–Crippen LogP) is 1.17. The summed E-state index contributed by atoms with van der Waals surface area (Å²) in [5.74, 6) is 2.68. The number of nitrogens with zero attached hydrogens (tertiary/aromatic N) is 2. The molecule has 3 saturated heterocycles. The van der Waals surface area contributed by atoms with Gasteiger partial charge in [0.25, 0.3) is 0 Å². The number of likely N-dealkylation sites (N-methyl/N-ethyl adjacent to an activating group) is 1. The Labute approximate surface area is 126 Å². The van der Waals surface area contributed by atoms with Gasteiger partial charge in [-0.2, -0.15) is 11.8 Å². The first-order chi connectivity index (χ1) is 9.78. The van der Waals surface area contributed by atoms with E-state index in [-0.39, 0.29) is 0 Å². The SMILES string of the molecule is CCN1CCC2CCC(C1)N2C(=O)CC1CSCCN1. The van der Waals surface area contributed by atoms with Crippen molar-refractivity contribution in [1.29, 1.82) is 0 Å².